The molecular formula is C16H25BrN2O. The van der Waals surface area contributed by atoms with Gasteiger partial charge in [-0.2, -0.15) is 0 Å². The summed E-state index contributed by atoms with van der Waals surface area (Å²) < 4.78 is 6.50. The van der Waals surface area contributed by atoms with E-state index in [4.69, 9.17) is 10.5 Å². The van der Waals surface area contributed by atoms with E-state index in [9.17, 15) is 0 Å². The van der Waals surface area contributed by atoms with Crippen molar-refractivity contribution in [1.82, 2.24) is 4.90 Å². The molecule has 1 aliphatic rings. The van der Waals surface area contributed by atoms with Crippen LogP contribution in [0.5, 0.6) is 5.75 Å². The molecule has 0 spiro atoms. The lowest BCUT2D eigenvalue weighted by molar-refractivity contribution is 0.143. The Morgan fingerprint density at radius 1 is 1.35 bits per heavy atom. The van der Waals surface area contributed by atoms with Crippen LogP contribution in [0.1, 0.15) is 44.7 Å². The number of hydrogen-bond donors (Lipinski definition) is 1. The second-order valence-corrected chi connectivity index (χ2v) is 6.68. The number of likely N-dealkylation sites (tertiary alicyclic amines) is 1. The number of rotatable bonds is 3. The normalized spacial score (nSPS) is 24.7. The fourth-order valence-electron chi connectivity index (χ4n) is 3.08. The van der Waals surface area contributed by atoms with Crippen molar-refractivity contribution >= 4 is 15.9 Å². The highest BCUT2D eigenvalue weighted by atomic mass is 79.9. The van der Waals surface area contributed by atoms with Gasteiger partial charge in [-0.3, -0.25) is 4.90 Å². The van der Waals surface area contributed by atoms with Crippen LogP contribution in [-0.4, -0.2) is 30.6 Å². The molecule has 0 aromatic heterocycles. The van der Waals surface area contributed by atoms with Gasteiger partial charge in [-0.15, -0.1) is 0 Å². The second kappa shape index (κ2) is 6.92. The van der Waals surface area contributed by atoms with Gasteiger partial charge < -0.3 is 10.5 Å². The van der Waals surface area contributed by atoms with E-state index in [1.54, 1.807) is 7.11 Å². The zero-order chi connectivity index (χ0) is 14.7. The molecule has 0 saturated carbocycles. The molecule has 1 aromatic rings. The van der Waals surface area contributed by atoms with Crippen LogP contribution in [0, 0.1) is 0 Å². The van der Waals surface area contributed by atoms with E-state index in [1.807, 2.05) is 6.07 Å². The average Bonchev–Trinajstić information content (AvgIpc) is 2.61. The van der Waals surface area contributed by atoms with Gasteiger partial charge in [0.15, 0.2) is 0 Å². The third-order valence-corrected chi connectivity index (χ3v) is 4.87. The third-order valence-electron chi connectivity index (χ3n) is 4.15. The van der Waals surface area contributed by atoms with Gasteiger partial charge in [-0.1, -0.05) is 22.4 Å². The number of hydrogen-bond acceptors (Lipinski definition) is 3. The average molecular weight is 341 g/mol. The minimum atomic E-state index is 0.170. The summed E-state index contributed by atoms with van der Waals surface area (Å²) in [7, 11) is 1.71. The standard InChI is InChI=1S/C16H25BrN2O/c1-11(2)19-9-5-4-6-15(18)16(19)13-10-12(20-3)7-8-14(13)17/h7-8,10-11,15-16H,4-6,9,18H2,1-3H3. The predicted molar refractivity (Wildman–Crippen MR) is 87.1 cm³/mol. The number of nitrogens with zero attached hydrogens (tertiary/aromatic N) is 1. The van der Waals surface area contributed by atoms with Gasteiger partial charge in [0.2, 0.25) is 0 Å². The molecule has 0 aliphatic carbocycles. The lowest BCUT2D eigenvalue weighted by Gasteiger charge is -2.37. The molecule has 0 radical (unpaired) electrons. The SMILES string of the molecule is COc1ccc(Br)c(C2C(N)CCCCN2C(C)C)c1. The highest BCUT2D eigenvalue weighted by molar-refractivity contribution is 9.10. The summed E-state index contributed by atoms with van der Waals surface area (Å²) in [6, 6.07) is 7.07. The first-order valence-corrected chi connectivity index (χ1v) is 8.18. The minimum absolute atomic E-state index is 0.170. The Morgan fingerprint density at radius 2 is 2.10 bits per heavy atom. The molecule has 20 heavy (non-hydrogen) atoms. The van der Waals surface area contributed by atoms with Crippen molar-refractivity contribution in [1.29, 1.82) is 0 Å². The van der Waals surface area contributed by atoms with E-state index in [-0.39, 0.29) is 12.1 Å². The number of methoxy groups -OCH3 is 1. The van der Waals surface area contributed by atoms with Crippen molar-refractivity contribution < 1.29 is 4.74 Å². The van der Waals surface area contributed by atoms with E-state index in [1.165, 1.54) is 18.4 Å². The second-order valence-electron chi connectivity index (χ2n) is 5.82. The maximum absolute atomic E-state index is 6.50. The molecule has 112 valence electrons. The van der Waals surface area contributed by atoms with Crippen LogP contribution in [-0.2, 0) is 0 Å². The molecule has 1 aromatic carbocycles. The lowest BCUT2D eigenvalue weighted by atomic mass is 9.95. The Labute approximate surface area is 130 Å². The Balaban J connectivity index is 2.43. The van der Waals surface area contributed by atoms with Gasteiger partial charge in [0, 0.05) is 16.6 Å². The smallest absolute Gasteiger partial charge is 0.119 e. The summed E-state index contributed by atoms with van der Waals surface area (Å²) in [4.78, 5) is 2.53. The minimum Gasteiger partial charge on any atom is -0.497 e. The van der Waals surface area contributed by atoms with Crippen LogP contribution < -0.4 is 10.5 Å². The molecule has 2 rings (SSSR count). The molecule has 1 heterocycles. The van der Waals surface area contributed by atoms with Crippen LogP contribution in [0.15, 0.2) is 22.7 Å². The lowest BCUT2D eigenvalue weighted by Crippen LogP contribution is -2.43. The molecule has 1 aliphatic heterocycles. The maximum Gasteiger partial charge on any atom is 0.119 e. The van der Waals surface area contributed by atoms with Crippen LogP contribution in [0.3, 0.4) is 0 Å². The zero-order valence-corrected chi connectivity index (χ0v) is 14.2. The van der Waals surface area contributed by atoms with Crippen molar-refractivity contribution in [2.45, 2.75) is 51.2 Å². The Morgan fingerprint density at radius 3 is 2.75 bits per heavy atom. The monoisotopic (exact) mass is 340 g/mol. The molecule has 0 bridgehead atoms. The van der Waals surface area contributed by atoms with E-state index in [0.29, 0.717) is 6.04 Å². The van der Waals surface area contributed by atoms with Crippen molar-refractivity contribution in [3.63, 3.8) is 0 Å². The van der Waals surface area contributed by atoms with Gasteiger partial charge in [0.05, 0.1) is 13.2 Å². The summed E-state index contributed by atoms with van der Waals surface area (Å²) >= 11 is 3.69. The molecule has 2 unspecified atom stereocenters. The Kier molecular flexibility index (Phi) is 5.47. The summed E-state index contributed by atoms with van der Waals surface area (Å²) in [5.74, 6) is 0.892. The van der Waals surface area contributed by atoms with E-state index < -0.39 is 0 Å². The topological polar surface area (TPSA) is 38.5 Å². The molecular weight excluding hydrogens is 316 g/mol. The van der Waals surface area contributed by atoms with Crippen LogP contribution in [0.25, 0.3) is 0 Å². The van der Waals surface area contributed by atoms with Gasteiger partial charge in [-0.05, 0) is 57.0 Å². The largest absolute Gasteiger partial charge is 0.497 e. The van der Waals surface area contributed by atoms with Crippen LogP contribution in [0.2, 0.25) is 0 Å². The highest BCUT2D eigenvalue weighted by Crippen LogP contribution is 2.36. The van der Waals surface area contributed by atoms with Crippen LogP contribution >= 0.6 is 15.9 Å². The Bertz CT molecular complexity index is 450. The first-order valence-electron chi connectivity index (χ1n) is 7.39. The fraction of sp³-hybridized carbons (Fsp3) is 0.625. The van der Waals surface area contributed by atoms with E-state index >= 15 is 0 Å². The summed E-state index contributed by atoms with van der Waals surface area (Å²) in [6.07, 6.45) is 3.52. The highest BCUT2D eigenvalue weighted by Gasteiger charge is 2.31. The molecule has 4 heteroatoms. The number of ether oxygens (including phenoxy) is 1. The first-order chi connectivity index (χ1) is 9.54. The molecule has 2 N–H and O–H groups in total. The summed E-state index contributed by atoms with van der Waals surface area (Å²) in [6.45, 7) is 5.61. The van der Waals surface area contributed by atoms with Crippen LogP contribution in [0.4, 0.5) is 0 Å². The summed E-state index contributed by atoms with van der Waals surface area (Å²) in [5.41, 5.74) is 7.74. The predicted octanol–water partition coefficient (Wildman–Crippen LogP) is 3.72. The summed E-state index contributed by atoms with van der Waals surface area (Å²) in [5, 5.41) is 0. The molecule has 3 nitrogen and oxygen atoms in total. The van der Waals surface area contributed by atoms with Crippen molar-refractivity contribution in [3.8, 4) is 5.75 Å². The molecule has 2 atom stereocenters. The molecule has 1 fully saturated rings. The quantitative estimate of drug-likeness (QED) is 0.911. The number of benzene rings is 1. The van der Waals surface area contributed by atoms with E-state index in [0.717, 1.165) is 23.2 Å². The van der Waals surface area contributed by atoms with Crippen molar-refractivity contribution in [2.24, 2.45) is 5.73 Å². The number of halogens is 1. The van der Waals surface area contributed by atoms with Gasteiger partial charge in [0.25, 0.3) is 0 Å². The van der Waals surface area contributed by atoms with Gasteiger partial charge in [-0.25, -0.2) is 0 Å². The van der Waals surface area contributed by atoms with E-state index in [2.05, 4.69) is 46.8 Å². The third kappa shape index (κ3) is 3.35. The van der Waals surface area contributed by atoms with Crippen molar-refractivity contribution in [2.75, 3.05) is 13.7 Å². The zero-order valence-electron chi connectivity index (χ0n) is 12.6. The van der Waals surface area contributed by atoms with Crippen molar-refractivity contribution in [3.05, 3.63) is 28.2 Å². The maximum atomic E-state index is 6.50. The molecule has 1 saturated heterocycles. The Hall–Kier alpha value is -0.580. The number of nitrogens with two attached hydrogens (primary N) is 1. The fourth-order valence-corrected chi connectivity index (χ4v) is 3.56. The first kappa shape index (κ1) is 15.8. The van der Waals surface area contributed by atoms with Gasteiger partial charge >= 0.3 is 0 Å². The molecule has 0 amide bonds. The van der Waals surface area contributed by atoms with Gasteiger partial charge in [0.1, 0.15) is 5.75 Å².